The molecule has 5 heteroatoms. The molecule has 0 bridgehead atoms. The summed E-state index contributed by atoms with van der Waals surface area (Å²) in [6.07, 6.45) is -4.53. The zero-order valence-electron chi connectivity index (χ0n) is 10.4. The minimum Gasteiger partial charge on any atom is -0.322 e. The van der Waals surface area contributed by atoms with Gasteiger partial charge < -0.3 is 4.98 Å². The smallest absolute Gasteiger partial charge is 0.322 e. The monoisotopic (exact) mass is 267 g/mol. The lowest BCUT2D eigenvalue weighted by Gasteiger charge is -2.09. The molecule has 2 rings (SSSR count). The number of halogens is 3. The number of hydrogen-bond acceptors (Lipinski definition) is 1. The number of nitrogens with one attached hydrogen (secondary N) is 1. The van der Waals surface area contributed by atoms with Crippen LogP contribution in [0.4, 0.5) is 13.2 Å². The molecule has 0 amide bonds. The summed E-state index contributed by atoms with van der Waals surface area (Å²) in [6.45, 7) is 3.78. The first-order valence-electron chi connectivity index (χ1n) is 5.66. The van der Waals surface area contributed by atoms with Crippen molar-refractivity contribution >= 4 is 0 Å². The summed E-state index contributed by atoms with van der Waals surface area (Å²) in [4.78, 5) is 13.8. The van der Waals surface area contributed by atoms with Gasteiger partial charge in [-0.2, -0.15) is 13.2 Å². The Kier molecular flexibility index (Phi) is 3.22. The molecule has 2 nitrogen and oxygen atoms in total. The SMILES string of the molecule is Cc1ccc(-c2cc(C(F)(F)F)cc(=O)[nH]2)cc1C. The first-order chi connectivity index (χ1) is 8.77. The highest BCUT2D eigenvalue weighted by molar-refractivity contribution is 5.61. The van der Waals surface area contributed by atoms with Gasteiger partial charge in [0.05, 0.1) is 5.56 Å². The lowest BCUT2D eigenvalue weighted by Crippen LogP contribution is -2.13. The molecule has 0 unspecified atom stereocenters. The van der Waals surface area contributed by atoms with Crippen LogP contribution in [0.2, 0.25) is 0 Å². The Hall–Kier alpha value is -2.04. The average molecular weight is 267 g/mol. The van der Waals surface area contributed by atoms with Gasteiger partial charge >= 0.3 is 6.18 Å². The molecule has 2 aromatic rings. The predicted molar refractivity (Wildman–Crippen MR) is 67.0 cm³/mol. The van der Waals surface area contributed by atoms with Gasteiger partial charge in [-0.1, -0.05) is 12.1 Å². The van der Waals surface area contributed by atoms with E-state index in [0.717, 1.165) is 17.2 Å². The molecule has 0 radical (unpaired) electrons. The van der Waals surface area contributed by atoms with Gasteiger partial charge in [0.2, 0.25) is 5.56 Å². The zero-order chi connectivity index (χ0) is 14.2. The molecule has 1 N–H and O–H groups in total. The summed E-state index contributed by atoms with van der Waals surface area (Å²) in [5.41, 5.74) is 1.02. The number of alkyl halides is 3. The summed E-state index contributed by atoms with van der Waals surface area (Å²) < 4.78 is 38.0. The summed E-state index contributed by atoms with van der Waals surface area (Å²) in [7, 11) is 0. The van der Waals surface area contributed by atoms with E-state index in [0.29, 0.717) is 11.6 Å². The molecule has 0 saturated heterocycles. The molecule has 0 saturated carbocycles. The average Bonchev–Trinajstić information content (AvgIpc) is 2.31. The molecule has 0 spiro atoms. The number of H-pyrrole nitrogens is 1. The molecule has 1 aromatic carbocycles. The number of aryl methyl sites for hydroxylation is 2. The maximum Gasteiger partial charge on any atom is 0.416 e. The third-order valence-electron chi connectivity index (χ3n) is 2.99. The van der Waals surface area contributed by atoms with E-state index in [1.807, 2.05) is 19.9 Å². The second-order valence-corrected chi connectivity index (χ2v) is 4.44. The Bertz CT molecular complexity index is 671. The number of rotatable bonds is 1. The summed E-state index contributed by atoms with van der Waals surface area (Å²) in [5.74, 6) is 0. The van der Waals surface area contributed by atoms with Crippen molar-refractivity contribution in [2.75, 3.05) is 0 Å². The van der Waals surface area contributed by atoms with E-state index in [2.05, 4.69) is 4.98 Å². The topological polar surface area (TPSA) is 32.9 Å². The van der Waals surface area contributed by atoms with E-state index in [-0.39, 0.29) is 5.69 Å². The van der Waals surface area contributed by atoms with Gasteiger partial charge in [-0.25, -0.2) is 0 Å². The third kappa shape index (κ3) is 2.86. The first kappa shape index (κ1) is 13.4. The number of pyridine rings is 1. The van der Waals surface area contributed by atoms with Gasteiger partial charge in [0.15, 0.2) is 0 Å². The van der Waals surface area contributed by atoms with Crippen molar-refractivity contribution in [3.05, 3.63) is 57.4 Å². The van der Waals surface area contributed by atoms with E-state index in [1.54, 1.807) is 12.1 Å². The van der Waals surface area contributed by atoms with Crippen molar-refractivity contribution in [2.24, 2.45) is 0 Å². The van der Waals surface area contributed by atoms with E-state index >= 15 is 0 Å². The quantitative estimate of drug-likeness (QED) is 0.840. The Labute approximate surface area is 107 Å². The predicted octanol–water partition coefficient (Wildman–Crippen LogP) is 3.68. The highest BCUT2D eigenvalue weighted by Crippen LogP contribution is 2.30. The second-order valence-electron chi connectivity index (χ2n) is 4.44. The zero-order valence-corrected chi connectivity index (χ0v) is 10.4. The fourth-order valence-corrected chi connectivity index (χ4v) is 1.77. The Morgan fingerprint density at radius 1 is 1.00 bits per heavy atom. The normalized spacial score (nSPS) is 11.6. The molecule has 0 atom stereocenters. The maximum atomic E-state index is 12.7. The lowest BCUT2D eigenvalue weighted by molar-refractivity contribution is -0.137. The summed E-state index contributed by atoms with van der Waals surface area (Å²) in [5, 5.41) is 0. The van der Waals surface area contributed by atoms with E-state index in [1.165, 1.54) is 0 Å². The fraction of sp³-hybridized carbons (Fsp3) is 0.214. The van der Waals surface area contributed by atoms with Gasteiger partial charge in [0, 0.05) is 11.8 Å². The standard InChI is InChI=1S/C14H12F3NO/c1-8-3-4-10(5-9(8)2)12-6-11(14(15,16)17)7-13(19)18-12/h3-7H,1-2H3,(H,18,19). The van der Waals surface area contributed by atoms with Gasteiger partial charge in [-0.15, -0.1) is 0 Å². The van der Waals surface area contributed by atoms with Crippen LogP contribution < -0.4 is 5.56 Å². The van der Waals surface area contributed by atoms with Crippen molar-refractivity contribution in [2.45, 2.75) is 20.0 Å². The molecule has 0 aliphatic heterocycles. The fourth-order valence-electron chi connectivity index (χ4n) is 1.77. The number of aromatic nitrogens is 1. The van der Waals surface area contributed by atoms with Crippen LogP contribution in [0, 0.1) is 13.8 Å². The van der Waals surface area contributed by atoms with E-state index in [4.69, 9.17) is 0 Å². The molecule has 1 aromatic heterocycles. The van der Waals surface area contributed by atoms with Crippen molar-refractivity contribution in [1.82, 2.24) is 4.98 Å². The van der Waals surface area contributed by atoms with E-state index < -0.39 is 17.3 Å². The van der Waals surface area contributed by atoms with Crippen LogP contribution in [0.1, 0.15) is 16.7 Å². The van der Waals surface area contributed by atoms with Crippen molar-refractivity contribution in [1.29, 1.82) is 0 Å². The van der Waals surface area contributed by atoms with Crippen LogP contribution in [0.3, 0.4) is 0 Å². The van der Waals surface area contributed by atoms with Crippen LogP contribution in [0.25, 0.3) is 11.3 Å². The number of benzene rings is 1. The Morgan fingerprint density at radius 3 is 2.26 bits per heavy atom. The van der Waals surface area contributed by atoms with Gasteiger partial charge in [0.1, 0.15) is 0 Å². The molecule has 1 heterocycles. The lowest BCUT2D eigenvalue weighted by atomic mass is 10.0. The third-order valence-corrected chi connectivity index (χ3v) is 2.99. The highest BCUT2D eigenvalue weighted by atomic mass is 19.4. The first-order valence-corrected chi connectivity index (χ1v) is 5.66. The van der Waals surface area contributed by atoms with E-state index in [9.17, 15) is 18.0 Å². The number of hydrogen-bond donors (Lipinski definition) is 1. The molecule has 19 heavy (non-hydrogen) atoms. The summed E-state index contributed by atoms with van der Waals surface area (Å²) >= 11 is 0. The van der Waals surface area contributed by atoms with Crippen LogP contribution in [0.15, 0.2) is 35.1 Å². The molecular weight excluding hydrogens is 255 g/mol. The Morgan fingerprint density at radius 2 is 1.68 bits per heavy atom. The van der Waals surface area contributed by atoms with Crippen molar-refractivity contribution < 1.29 is 13.2 Å². The molecular formula is C14H12F3NO. The van der Waals surface area contributed by atoms with Crippen molar-refractivity contribution in [3.8, 4) is 11.3 Å². The molecule has 0 aliphatic rings. The van der Waals surface area contributed by atoms with Gasteiger partial charge in [-0.3, -0.25) is 4.79 Å². The molecule has 100 valence electrons. The minimum absolute atomic E-state index is 0.169. The number of aromatic amines is 1. The highest BCUT2D eigenvalue weighted by Gasteiger charge is 2.31. The minimum atomic E-state index is -4.53. The largest absolute Gasteiger partial charge is 0.416 e. The Balaban J connectivity index is 2.59. The molecule has 0 aliphatic carbocycles. The van der Waals surface area contributed by atoms with Crippen LogP contribution in [-0.4, -0.2) is 4.98 Å². The second kappa shape index (κ2) is 4.57. The van der Waals surface area contributed by atoms with Crippen LogP contribution in [-0.2, 0) is 6.18 Å². The van der Waals surface area contributed by atoms with Gasteiger partial charge in [-0.05, 0) is 42.7 Å². The molecule has 0 fully saturated rings. The van der Waals surface area contributed by atoms with Crippen LogP contribution in [0.5, 0.6) is 0 Å². The van der Waals surface area contributed by atoms with Gasteiger partial charge in [0.25, 0.3) is 0 Å². The van der Waals surface area contributed by atoms with Crippen molar-refractivity contribution in [3.63, 3.8) is 0 Å². The summed E-state index contributed by atoms with van der Waals surface area (Å²) in [6, 6.07) is 6.76. The van der Waals surface area contributed by atoms with Crippen LogP contribution >= 0.6 is 0 Å². The maximum absolute atomic E-state index is 12.7.